The van der Waals surface area contributed by atoms with Crippen LogP contribution < -0.4 is 10.6 Å². The molecule has 9 heteroatoms. The lowest BCUT2D eigenvalue weighted by atomic mass is 10.1. The van der Waals surface area contributed by atoms with Gasteiger partial charge < -0.3 is 10.6 Å². The molecule has 1 aromatic carbocycles. The van der Waals surface area contributed by atoms with Crippen molar-refractivity contribution in [1.82, 2.24) is 4.98 Å². The highest BCUT2D eigenvalue weighted by Gasteiger charge is 2.38. The van der Waals surface area contributed by atoms with Gasteiger partial charge in [-0.15, -0.1) is 11.3 Å². The van der Waals surface area contributed by atoms with E-state index in [1.807, 2.05) is 30.5 Å². The number of hydrogen-bond acceptors (Lipinski definition) is 6. The number of amides is 2. The summed E-state index contributed by atoms with van der Waals surface area (Å²) < 4.78 is 3.20. The highest BCUT2D eigenvalue weighted by Crippen LogP contribution is 2.41. The summed E-state index contributed by atoms with van der Waals surface area (Å²) >= 11 is 1.58. The van der Waals surface area contributed by atoms with Crippen LogP contribution in [0.4, 0.5) is 22.9 Å². The predicted octanol–water partition coefficient (Wildman–Crippen LogP) is 3.81. The first-order chi connectivity index (χ1) is 15.8. The fourth-order valence-corrected chi connectivity index (χ4v) is 4.26. The molecule has 1 aliphatic rings. The van der Waals surface area contributed by atoms with Crippen LogP contribution in [0.2, 0.25) is 0 Å². The van der Waals surface area contributed by atoms with Crippen LogP contribution in [0, 0.1) is 6.92 Å². The number of nitrogens with one attached hydrogen (secondary N) is 2. The lowest BCUT2D eigenvalue weighted by molar-refractivity contribution is -0.415. The number of amidine groups is 1. The van der Waals surface area contributed by atoms with Gasteiger partial charge in [0.25, 0.3) is 0 Å². The second-order valence-corrected chi connectivity index (χ2v) is 8.52. The Morgan fingerprint density at radius 1 is 1.21 bits per heavy atom. The smallest absolute Gasteiger partial charge is 0.364 e. The first-order valence-corrected chi connectivity index (χ1v) is 11.2. The fourth-order valence-electron chi connectivity index (χ4n) is 3.54. The summed E-state index contributed by atoms with van der Waals surface area (Å²) in [6.45, 7) is 12.3. The van der Waals surface area contributed by atoms with Crippen LogP contribution in [-0.4, -0.2) is 58.3 Å². The van der Waals surface area contributed by atoms with Crippen molar-refractivity contribution in [3.8, 4) is 0 Å². The van der Waals surface area contributed by atoms with E-state index >= 15 is 0 Å². The topological polar surface area (TPSA) is 89.5 Å². The Kier molecular flexibility index (Phi) is 6.23. The van der Waals surface area contributed by atoms with Crippen LogP contribution in [0.1, 0.15) is 27.7 Å². The molecule has 0 unspecified atom stereocenters. The zero-order valence-electron chi connectivity index (χ0n) is 18.5. The number of nitrogens with zero attached hydrogens (tertiary/aromatic N) is 4. The van der Waals surface area contributed by atoms with Gasteiger partial charge >= 0.3 is 11.7 Å². The first-order valence-electron chi connectivity index (χ1n) is 10.3. The largest absolute Gasteiger partial charge is 0.423 e. The summed E-state index contributed by atoms with van der Waals surface area (Å²) in [4.78, 5) is 34.3. The molecule has 33 heavy (non-hydrogen) atoms. The lowest BCUT2D eigenvalue weighted by Crippen LogP contribution is -2.25. The number of aromatic nitrogens is 1. The number of anilines is 2. The molecular formula is C24H24N6O2S+2. The van der Waals surface area contributed by atoms with Crippen molar-refractivity contribution in [1.29, 1.82) is 0 Å². The van der Waals surface area contributed by atoms with Crippen molar-refractivity contribution in [3.63, 3.8) is 0 Å². The molecule has 0 aliphatic carbocycles. The minimum Gasteiger partial charge on any atom is -0.364 e. The summed E-state index contributed by atoms with van der Waals surface area (Å²) in [6.07, 6.45) is 1.57. The molecular weight excluding hydrogens is 436 g/mol. The molecule has 166 valence electrons. The second kappa shape index (κ2) is 9.25. The van der Waals surface area contributed by atoms with Gasteiger partial charge in [-0.1, -0.05) is 12.1 Å². The molecule has 2 N–H and O–H groups in total. The lowest BCUT2D eigenvalue weighted by Gasteiger charge is -2.06. The molecule has 0 fully saturated rings. The zero-order chi connectivity index (χ0) is 23.5. The molecule has 2 amide bonds. The Morgan fingerprint density at radius 2 is 2.03 bits per heavy atom. The number of thiophene rings is 1. The van der Waals surface area contributed by atoms with Gasteiger partial charge in [0, 0.05) is 12.5 Å². The van der Waals surface area contributed by atoms with E-state index in [0.29, 0.717) is 35.8 Å². The summed E-state index contributed by atoms with van der Waals surface area (Å²) in [7, 11) is 0. The number of carbonyl (C=O) groups excluding carboxylic acids is 2. The molecule has 1 aliphatic heterocycles. The predicted molar refractivity (Wildman–Crippen MR) is 132 cm³/mol. The van der Waals surface area contributed by atoms with E-state index in [2.05, 4.69) is 29.1 Å². The molecule has 0 saturated heterocycles. The Bertz CT molecular complexity index is 1290. The fraction of sp³-hybridized carbons (Fsp3) is 0.167. The van der Waals surface area contributed by atoms with E-state index in [0.717, 1.165) is 22.0 Å². The molecule has 4 rings (SSSR count). The van der Waals surface area contributed by atoms with Gasteiger partial charge in [-0.3, -0.25) is 4.79 Å². The number of benzene rings is 1. The Hall–Kier alpha value is -3.98. The van der Waals surface area contributed by atoms with Crippen molar-refractivity contribution >= 4 is 65.3 Å². The number of pyridine rings is 1. The third-order valence-corrected chi connectivity index (χ3v) is 5.99. The molecule has 0 bridgehead atoms. The summed E-state index contributed by atoms with van der Waals surface area (Å²) in [6, 6.07) is 11.2. The summed E-state index contributed by atoms with van der Waals surface area (Å²) in [5.41, 5.74) is 3.56. The van der Waals surface area contributed by atoms with Crippen LogP contribution in [0.3, 0.4) is 0 Å². The van der Waals surface area contributed by atoms with Crippen LogP contribution in [0.5, 0.6) is 0 Å². The molecule has 0 saturated carbocycles. The average molecular weight is 461 g/mol. The van der Waals surface area contributed by atoms with E-state index in [-0.39, 0.29) is 11.8 Å². The van der Waals surface area contributed by atoms with Crippen molar-refractivity contribution < 1.29 is 18.7 Å². The molecule has 2 aromatic heterocycles. The Morgan fingerprint density at radius 3 is 2.70 bits per heavy atom. The Balaban J connectivity index is 1.45. The molecule has 0 atom stereocenters. The number of aliphatic imine (C=N–C) groups is 1. The van der Waals surface area contributed by atoms with Crippen molar-refractivity contribution in [2.24, 2.45) is 4.99 Å². The quantitative estimate of drug-likeness (QED) is 0.414. The normalized spacial score (nSPS) is 12.2. The third kappa shape index (κ3) is 4.63. The van der Waals surface area contributed by atoms with E-state index in [4.69, 9.17) is 4.99 Å². The van der Waals surface area contributed by atoms with Gasteiger partial charge in [-0.2, -0.15) is 9.15 Å². The maximum Gasteiger partial charge on any atom is 0.423 e. The van der Waals surface area contributed by atoms with Gasteiger partial charge in [0.2, 0.25) is 11.6 Å². The standard InChI is InChI=1S/C24H23N6O2S/c1-15-7-9-18(21-22(15)30(4)23(28-21)19-6-5-13-33-19)24(32)29(3)12-11-25-20-10-8-17(14-26-20)27-16(2)31/h5-10,13-14H,3-4,11-12H2,1-2H3,(H-,25,26,27,31)/q+1/p+1. The first kappa shape index (κ1) is 22.2. The number of hydrogen-bond donors (Lipinski definition) is 2. The van der Waals surface area contributed by atoms with E-state index in [9.17, 15) is 9.59 Å². The second-order valence-electron chi connectivity index (χ2n) is 7.58. The third-order valence-electron chi connectivity index (χ3n) is 5.13. The van der Waals surface area contributed by atoms with Gasteiger partial charge in [-0.25, -0.2) is 9.78 Å². The maximum atomic E-state index is 13.2. The summed E-state index contributed by atoms with van der Waals surface area (Å²) in [5, 5.41) is 7.81. The molecule has 0 spiro atoms. The van der Waals surface area contributed by atoms with E-state index in [1.54, 1.807) is 40.3 Å². The molecule has 8 nitrogen and oxygen atoms in total. The highest BCUT2D eigenvalue weighted by molar-refractivity contribution is 7.12. The number of carbonyl (C=O) groups is 2. The van der Waals surface area contributed by atoms with Crippen molar-refractivity contribution in [2.75, 3.05) is 23.7 Å². The monoisotopic (exact) mass is 460 g/mol. The maximum absolute atomic E-state index is 13.2. The van der Waals surface area contributed by atoms with E-state index in [1.165, 1.54) is 11.5 Å². The molecule has 3 heterocycles. The molecule has 3 aromatic rings. The highest BCUT2D eigenvalue weighted by atomic mass is 32.1. The van der Waals surface area contributed by atoms with Crippen LogP contribution in [0.15, 0.2) is 53.0 Å². The minimum atomic E-state index is -0.216. The van der Waals surface area contributed by atoms with Crippen LogP contribution in [0.25, 0.3) is 0 Å². The average Bonchev–Trinajstić information content (AvgIpc) is 3.43. The Labute approximate surface area is 195 Å². The van der Waals surface area contributed by atoms with Crippen LogP contribution >= 0.6 is 11.3 Å². The van der Waals surface area contributed by atoms with Gasteiger partial charge in [0.05, 0.1) is 25.1 Å². The molecule has 0 radical (unpaired) electrons. The van der Waals surface area contributed by atoms with Crippen molar-refractivity contribution in [2.45, 2.75) is 13.8 Å². The number of aryl methyl sites for hydroxylation is 1. The minimum absolute atomic E-state index is 0.153. The number of rotatable bonds is 7. The number of fused-ring (bicyclic) bond motifs is 1. The SMILES string of the molecule is C=[N+](CCNc1ccc(NC(C)=O)cn1)C(=O)c1ccc(C)c2c1N=C(c1cccs1)[N+]2=C. The summed E-state index contributed by atoms with van der Waals surface area (Å²) in [5.74, 6) is 1.00. The van der Waals surface area contributed by atoms with Gasteiger partial charge in [0.15, 0.2) is 12.2 Å². The van der Waals surface area contributed by atoms with Crippen molar-refractivity contribution in [3.05, 3.63) is 64.0 Å². The van der Waals surface area contributed by atoms with Gasteiger partial charge in [-0.05, 0) is 41.6 Å². The van der Waals surface area contributed by atoms with Crippen LogP contribution in [-0.2, 0) is 4.79 Å². The van der Waals surface area contributed by atoms with Gasteiger partial charge in [0.1, 0.15) is 23.0 Å². The van der Waals surface area contributed by atoms with E-state index < -0.39 is 0 Å². The zero-order valence-corrected chi connectivity index (χ0v) is 19.3.